The first kappa shape index (κ1) is 35.7. The van der Waals surface area contributed by atoms with Crippen LogP contribution in [0.25, 0.3) is 0 Å². The molecule has 1 saturated heterocycles. The SMILES string of the molecule is CCCCCC1COC(C2CCC(C(F)(F)Oc3ccc(C4CCC(C(F)(F)Oc5cc(F)c(F)c(F)c5)CC4)c(F)c3)CC2)OC1. The number of halogens is 8. The molecule has 4 nitrogen and oxygen atoms in total. The summed E-state index contributed by atoms with van der Waals surface area (Å²) in [6.45, 7) is 3.41. The van der Waals surface area contributed by atoms with E-state index < -0.39 is 59.0 Å². The summed E-state index contributed by atoms with van der Waals surface area (Å²) in [6, 6.07) is 4.19. The monoisotopic (exact) mass is 678 g/mol. The normalized spacial score (nSPS) is 27.4. The lowest BCUT2D eigenvalue weighted by molar-refractivity contribution is -0.247. The van der Waals surface area contributed by atoms with Crippen molar-refractivity contribution in [3.8, 4) is 11.5 Å². The lowest BCUT2D eigenvalue weighted by Gasteiger charge is -2.39. The minimum absolute atomic E-state index is 0.0332. The zero-order valence-corrected chi connectivity index (χ0v) is 26.4. The molecule has 0 unspecified atom stereocenters. The van der Waals surface area contributed by atoms with Crippen molar-refractivity contribution in [2.45, 2.75) is 108 Å². The van der Waals surface area contributed by atoms with Gasteiger partial charge in [0.05, 0.1) is 25.0 Å². The number of rotatable bonds is 12. The maximum atomic E-state index is 15.2. The van der Waals surface area contributed by atoms with Crippen LogP contribution in [0.5, 0.6) is 11.5 Å². The molecular formula is C35H42F8O4. The molecule has 2 aromatic carbocycles. The fourth-order valence-corrected chi connectivity index (χ4v) is 7.12. The van der Waals surface area contributed by atoms with Gasteiger partial charge < -0.3 is 18.9 Å². The van der Waals surface area contributed by atoms with Crippen molar-refractivity contribution in [1.29, 1.82) is 0 Å². The van der Waals surface area contributed by atoms with E-state index in [1.165, 1.54) is 18.6 Å². The Balaban J connectivity index is 1.09. The van der Waals surface area contributed by atoms with Crippen LogP contribution < -0.4 is 9.47 Å². The van der Waals surface area contributed by atoms with Crippen molar-refractivity contribution in [3.05, 3.63) is 59.2 Å². The van der Waals surface area contributed by atoms with Crippen LogP contribution in [0.2, 0.25) is 0 Å². The number of alkyl halides is 4. The Bertz CT molecular complexity index is 1290. The van der Waals surface area contributed by atoms with E-state index in [0.29, 0.717) is 44.1 Å². The van der Waals surface area contributed by atoms with Crippen molar-refractivity contribution in [2.24, 2.45) is 23.7 Å². The van der Waals surface area contributed by atoms with Crippen LogP contribution in [0.4, 0.5) is 35.1 Å². The summed E-state index contributed by atoms with van der Waals surface area (Å²) >= 11 is 0. The van der Waals surface area contributed by atoms with Crippen LogP contribution >= 0.6 is 0 Å². The molecule has 5 rings (SSSR count). The number of unbranched alkanes of at least 4 members (excludes halogenated alkanes) is 2. The smallest absolute Gasteiger partial charge is 0.400 e. The molecule has 0 atom stereocenters. The van der Waals surface area contributed by atoms with E-state index in [1.807, 2.05) is 0 Å². The van der Waals surface area contributed by atoms with Gasteiger partial charge in [-0.1, -0.05) is 32.3 Å². The molecule has 0 N–H and O–H groups in total. The van der Waals surface area contributed by atoms with Gasteiger partial charge in [-0.15, -0.1) is 0 Å². The Labute approximate surface area is 270 Å². The van der Waals surface area contributed by atoms with Gasteiger partial charge >= 0.3 is 12.2 Å². The fraction of sp³-hybridized carbons (Fsp3) is 0.657. The second-order valence-electron chi connectivity index (χ2n) is 13.3. The van der Waals surface area contributed by atoms with Gasteiger partial charge in [-0.25, -0.2) is 17.6 Å². The van der Waals surface area contributed by atoms with Crippen molar-refractivity contribution < 1.29 is 54.1 Å². The molecule has 47 heavy (non-hydrogen) atoms. The molecular weight excluding hydrogens is 636 g/mol. The van der Waals surface area contributed by atoms with E-state index in [0.717, 1.165) is 25.3 Å². The number of benzene rings is 2. The molecule has 0 aromatic heterocycles. The molecule has 3 fully saturated rings. The highest BCUT2D eigenvalue weighted by Crippen LogP contribution is 2.45. The van der Waals surface area contributed by atoms with Crippen LogP contribution in [0.15, 0.2) is 30.3 Å². The van der Waals surface area contributed by atoms with Crippen LogP contribution in [0.3, 0.4) is 0 Å². The second kappa shape index (κ2) is 15.3. The summed E-state index contributed by atoms with van der Waals surface area (Å²) in [7, 11) is 0. The van der Waals surface area contributed by atoms with Crippen LogP contribution in [-0.4, -0.2) is 31.7 Å². The molecule has 2 saturated carbocycles. The van der Waals surface area contributed by atoms with Crippen molar-refractivity contribution in [1.82, 2.24) is 0 Å². The number of ether oxygens (including phenoxy) is 4. The summed E-state index contributed by atoms with van der Waals surface area (Å²) < 4.78 is 137. The quantitative estimate of drug-likeness (QED) is 0.127. The summed E-state index contributed by atoms with van der Waals surface area (Å²) in [5.74, 6) is -9.48. The van der Waals surface area contributed by atoms with Gasteiger partial charge in [0.1, 0.15) is 17.3 Å². The summed E-state index contributed by atoms with van der Waals surface area (Å²) in [4.78, 5) is 0. The van der Waals surface area contributed by atoms with Crippen LogP contribution in [-0.2, 0) is 9.47 Å². The van der Waals surface area contributed by atoms with Gasteiger partial charge in [0.15, 0.2) is 23.7 Å². The largest absolute Gasteiger partial charge is 0.432 e. The highest BCUT2D eigenvalue weighted by Gasteiger charge is 2.47. The van der Waals surface area contributed by atoms with Gasteiger partial charge in [0.25, 0.3) is 0 Å². The van der Waals surface area contributed by atoms with Gasteiger partial charge in [-0.05, 0) is 75.3 Å². The number of hydrogen-bond donors (Lipinski definition) is 0. The highest BCUT2D eigenvalue weighted by molar-refractivity contribution is 5.32. The van der Waals surface area contributed by atoms with Crippen LogP contribution in [0, 0.1) is 46.9 Å². The standard InChI is InChI=1S/C35H42F8O4/c1-2-3-4-5-21-19-44-33(45-20-21)23-8-12-25(13-9-23)34(40,41)46-26-14-15-28(29(36)16-26)22-6-10-24(11-7-22)35(42,43)47-27-17-30(37)32(39)31(38)18-27/h14-18,21-25,33H,2-13,19-20H2,1H3. The van der Waals surface area contributed by atoms with Crippen LogP contribution in [0.1, 0.15) is 95.5 Å². The molecule has 3 aliphatic rings. The summed E-state index contributed by atoms with van der Waals surface area (Å²) in [5.41, 5.74) is 0.201. The van der Waals surface area contributed by atoms with E-state index >= 15 is 13.2 Å². The summed E-state index contributed by atoms with van der Waals surface area (Å²) in [5, 5.41) is 0. The summed E-state index contributed by atoms with van der Waals surface area (Å²) in [6.07, 6.45) is -1.66. The van der Waals surface area contributed by atoms with Crippen molar-refractivity contribution in [2.75, 3.05) is 13.2 Å². The van der Waals surface area contributed by atoms with Crippen molar-refractivity contribution in [3.63, 3.8) is 0 Å². The maximum absolute atomic E-state index is 15.2. The highest BCUT2D eigenvalue weighted by atomic mass is 19.3. The van der Waals surface area contributed by atoms with E-state index in [1.54, 1.807) is 0 Å². The number of hydrogen-bond acceptors (Lipinski definition) is 4. The first-order valence-corrected chi connectivity index (χ1v) is 16.7. The minimum atomic E-state index is -3.81. The van der Waals surface area contributed by atoms with Gasteiger partial charge in [0.2, 0.25) is 0 Å². The average Bonchev–Trinajstić information content (AvgIpc) is 3.04. The lowest BCUT2D eigenvalue weighted by atomic mass is 9.78. The second-order valence-corrected chi connectivity index (χ2v) is 13.3. The first-order valence-electron chi connectivity index (χ1n) is 16.7. The zero-order valence-electron chi connectivity index (χ0n) is 26.4. The Kier molecular flexibility index (Phi) is 11.6. The first-order chi connectivity index (χ1) is 22.4. The predicted octanol–water partition coefficient (Wildman–Crippen LogP) is 10.5. The Morgan fingerprint density at radius 2 is 1.21 bits per heavy atom. The Morgan fingerprint density at radius 1 is 0.681 bits per heavy atom. The molecule has 0 spiro atoms. The third kappa shape index (κ3) is 8.90. The third-order valence-electron chi connectivity index (χ3n) is 9.92. The molecule has 1 aliphatic heterocycles. The molecule has 2 aliphatic carbocycles. The molecule has 0 radical (unpaired) electrons. The molecule has 0 bridgehead atoms. The molecule has 0 amide bonds. The third-order valence-corrected chi connectivity index (χ3v) is 9.92. The maximum Gasteiger partial charge on any atom is 0.400 e. The van der Waals surface area contributed by atoms with Gasteiger partial charge in [0, 0.05) is 30.0 Å². The van der Waals surface area contributed by atoms with Crippen molar-refractivity contribution >= 4 is 0 Å². The van der Waals surface area contributed by atoms with Gasteiger partial charge in [-0.2, -0.15) is 17.6 Å². The lowest BCUT2D eigenvalue weighted by Crippen LogP contribution is -2.42. The van der Waals surface area contributed by atoms with E-state index in [2.05, 4.69) is 11.7 Å². The zero-order chi connectivity index (χ0) is 33.8. The minimum Gasteiger partial charge on any atom is -0.432 e. The van der Waals surface area contributed by atoms with E-state index in [4.69, 9.17) is 14.2 Å². The molecule has 1 heterocycles. The Hall–Kier alpha value is -2.60. The van der Waals surface area contributed by atoms with E-state index in [9.17, 15) is 22.0 Å². The molecule has 12 heteroatoms. The predicted molar refractivity (Wildman–Crippen MR) is 157 cm³/mol. The van der Waals surface area contributed by atoms with E-state index in [-0.39, 0.29) is 62.0 Å². The fourth-order valence-electron chi connectivity index (χ4n) is 7.12. The topological polar surface area (TPSA) is 36.9 Å². The van der Waals surface area contributed by atoms with Gasteiger partial charge in [-0.3, -0.25) is 0 Å². The average molecular weight is 679 g/mol. The molecule has 2 aromatic rings. The molecule has 262 valence electrons. The Morgan fingerprint density at radius 3 is 1.77 bits per heavy atom.